The number of aromatic nitrogens is 2. The Morgan fingerprint density at radius 3 is 2.70 bits per heavy atom. The van der Waals surface area contributed by atoms with E-state index in [2.05, 4.69) is 0 Å². The summed E-state index contributed by atoms with van der Waals surface area (Å²) in [6, 6.07) is 5.34. The van der Waals surface area contributed by atoms with Gasteiger partial charge in [0.05, 0.1) is 11.4 Å². The zero-order valence-electron chi connectivity index (χ0n) is 15.5. The summed E-state index contributed by atoms with van der Waals surface area (Å²) in [6.07, 6.45) is 2.29. The number of carbonyl (C=O) groups is 1. The van der Waals surface area contributed by atoms with Gasteiger partial charge in [-0.1, -0.05) is 18.2 Å². The normalized spacial score (nSPS) is 22.6. The second-order valence-corrected chi connectivity index (χ2v) is 7.54. The molecule has 0 N–H and O–H groups in total. The number of nitrogens with zero attached hydrogens (tertiary/aromatic N) is 3. The number of fused-ring (bicyclic) bond motifs is 1. The summed E-state index contributed by atoms with van der Waals surface area (Å²) in [6.45, 7) is 3.50. The molecule has 1 saturated carbocycles. The molecule has 1 fully saturated rings. The van der Waals surface area contributed by atoms with Gasteiger partial charge in [-0.2, -0.15) is 0 Å². The van der Waals surface area contributed by atoms with Gasteiger partial charge in [0.2, 0.25) is 0 Å². The zero-order chi connectivity index (χ0) is 19.5. The van der Waals surface area contributed by atoms with Crippen molar-refractivity contribution in [3.05, 3.63) is 56.2 Å². The van der Waals surface area contributed by atoms with Crippen molar-refractivity contribution in [1.29, 1.82) is 0 Å². The zero-order valence-corrected chi connectivity index (χ0v) is 15.5. The van der Waals surface area contributed by atoms with Crippen molar-refractivity contribution in [1.82, 2.24) is 9.13 Å². The van der Waals surface area contributed by atoms with E-state index in [-0.39, 0.29) is 30.5 Å². The van der Waals surface area contributed by atoms with Gasteiger partial charge in [-0.3, -0.25) is 18.9 Å². The van der Waals surface area contributed by atoms with E-state index in [0.717, 1.165) is 11.1 Å². The molecule has 1 aromatic heterocycles. The molecule has 2 aliphatic rings. The van der Waals surface area contributed by atoms with Gasteiger partial charge < -0.3 is 0 Å². The number of halogens is 2. The van der Waals surface area contributed by atoms with Crippen LogP contribution in [0.4, 0.5) is 8.78 Å². The molecule has 0 saturated heterocycles. The van der Waals surface area contributed by atoms with Crippen LogP contribution in [0.3, 0.4) is 0 Å². The molecule has 5 nitrogen and oxygen atoms in total. The van der Waals surface area contributed by atoms with E-state index in [9.17, 15) is 18.4 Å². The molecule has 2 unspecified atom stereocenters. The molecule has 27 heavy (non-hydrogen) atoms. The van der Waals surface area contributed by atoms with Crippen LogP contribution in [0.25, 0.3) is 6.08 Å². The number of hydrogen-bond acceptors (Lipinski definition) is 3. The first-order chi connectivity index (χ1) is 12.7. The smallest absolute Gasteiger partial charge is 0.295 e. The second kappa shape index (κ2) is 5.97. The van der Waals surface area contributed by atoms with Gasteiger partial charge in [-0.15, -0.1) is 0 Å². The number of carbonyl (C=O) groups excluding carboxylic acids is 1. The quantitative estimate of drug-likeness (QED) is 0.769. The predicted octanol–water partition coefficient (Wildman–Crippen LogP) is 1.90. The number of rotatable bonds is 4. The highest BCUT2D eigenvalue weighted by Crippen LogP contribution is 2.49. The summed E-state index contributed by atoms with van der Waals surface area (Å²) in [7, 11) is 1.61. The molecule has 2 atom stereocenters. The van der Waals surface area contributed by atoms with E-state index in [1.54, 1.807) is 13.1 Å². The van der Waals surface area contributed by atoms with Crippen molar-refractivity contribution in [2.45, 2.75) is 45.2 Å². The third-order valence-electron chi connectivity index (χ3n) is 5.57. The lowest BCUT2D eigenvalue weighted by atomic mass is 9.95. The molecule has 1 aliphatic carbocycles. The maximum Gasteiger partial charge on any atom is 0.330 e. The molecule has 2 heterocycles. The third kappa shape index (κ3) is 2.95. The number of aryl methyl sites for hydroxylation is 1. The lowest BCUT2D eigenvalue weighted by Crippen LogP contribution is -2.36. The fourth-order valence-corrected chi connectivity index (χ4v) is 3.72. The van der Waals surface area contributed by atoms with Gasteiger partial charge in [0.15, 0.2) is 11.3 Å². The van der Waals surface area contributed by atoms with Gasteiger partial charge >= 0.3 is 5.69 Å². The number of benzene rings is 1. The molecule has 2 aromatic rings. The Morgan fingerprint density at radius 1 is 1.37 bits per heavy atom. The van der Waals surface area contributed by atoms with Crippen molar-refractivity contribution < 1.29 is 13.6 Å². The Labute approximate surface area is 154 Å². The highest BCUT2D eigenvalue weighted by Gasteiger charge is 2.56. The molecule has 1 aromatic carbocycles. The largest absolute Gasteiger partial charge is 0.330 e. The van der Waals surface area contributed by atoms with Crippen LogP contribution in [0.2, 0.25) is 0 Å². The van der Waals surface area contributed by atoms with Gasteiger partial charge in [0.25, 0.3) is 5.92 Å². The minimum atomic E-state index is -2.67. The minimum Gasteiger partial charge on any atom is -0.295 e. The van der Waals surface area contributed by atoms with Crippen molar-refractivity contribution in [2.75, 3.05) is 0 Å². The van der Waals surface area contributed by atoms with Crippen LogP contribution >= 0.6 is 0 Å². The summed E-state index contributed by atoms with van der Waals surface area (Å²) < 4.78 is 29.4. The van der Waals surface area contributed by atoms with Crippen LogP contribution in [0.1, 0.15) is 47.3 Å². The van der Waals surface area contributed by atoms with Crippen LogP contribution in [-0.4, -0.2) is 20.8 Å². The SMILES string of the molecule is CC(=O)c1ccc(C)c(C2CC=c3c(n(C)c(=O)n3CC3CC3(F)F)=N2)c1. The molecular formula is C20H21F2N3O2. The molecule has 0 bridgehead atoms. The number of alkyl halides is 2. The van der Waals surface area contributed by atoms with Gasteiger partial charge in [-0.05, 0) is 37.5 Å². The Kier molecular flexibility index (Phi) is 3.94. The van der Waals surface area contributed by atoms with Gasteiger partial charge in [0, 0.05) is 31.5 Å². The van der Waals surface area contributed by atoms with E-state index >= 15 is 0 Å². The maximum absolute atomic E-state index is 13.3. The number of imidazole rings is 1. The highest BCUT2D eigenvalue weighted by molar-refractivity contribution is 5.94. The third-order valence-corrected chi connectivity index (χ3v) is 5.57. The van der Waals surface area contributed by atoms with Gasteiger partial charge in [-0.25, -0.2) is 13.6 Å². The van der Waals surface area contributed by atoms with Crippen LogP contribution in [0, 0.1) is 12.8 Å². The number of ketones is 1. The highest BCUT2D eigenvalue weighted by atomic mass is 19.3. The summed E-state index contributed by atoms with van der Waals surface area (Å²) in [5.41, 5.74) is 2.77. The summed E-state index contributed by atoms with van der Waals surface area (Å²) >= 11 is 0. The van der Waals surface area contributed by atoms with Crippen LogP contribution in [0.5, 0.6) is 0 Å². The lowest BCUT2D eigenvalue weighted by molar-refractivity contribution is 0.0946. The van der Waals surface area contributed by atoms with Crippen molar-refractivity contribution in [2.24, 2.45) is 18.0 Å². The monoisotopic (exact) mass is 373 g/mol. The average molecular weight is 373 g/mol. The van der Waals surface area contributed by atoms with Gasteiger partial charge in [0.1, 0.15) is 0 Å². The molecule has 0 radical (unpaired) electrons. The molecule has 4 rings (SSSR count). The van der Waals surface area contributed by atoms with E-state index in [1.807, 2.05) is 25.1 Å². The van der Waals surface area contributed by atoms with E-state index in [4.69, 9.17) is 4.99 Å². The molecule has 0 spiro atoms. The average Bonchev–Trinajstić information content (AvgIpc) is 3.16. The molecule has 7 heteroatoms. The first kappa shape index (κ1) is 17.8. The van der Waals surface area contributed by atoms with Crippen LogP contribution in [-0.2, 0) is 13.6 Å². The maximum atomic E-state index is 13.3. The molecule has 1 aliphatic heterocycles. The molecular weight excluding hydrogens is 352 g/mol. The first-order valence-corrected chi connectivity index (χ1v) is 9.02. The van der Waals surface area contributed by atoms with E-state index in [0.29, 0.717) is 22.8 Å². The standard InChI is InChI=1S/C20H21F2N3O2/c1-11-4-5-13(12(2)26)8-15(11)16-6-7-17-18(23-16)24(3)19(27)25(17)10-14-9-20(14,21)22/h4-5,7-8,14,16H,6,9-10H2,1-3H3. The Bertz CT molecular complexity index is 1130. The van der Waals surface area contributed by atoms with Crippen molar-refractivity contribution >= 4 is 11.9 Å². The predicted molar refractivity (Wildman–Crippen MR) is 96.5 cm³/mol. The fourth-order valence-electron chi connectivity index (χ4n) is 3.72. The molecule has 142 valence electrons. The topological polar surface area (TPSA) is 56.4 Å². The lowest BCUT2D eigenvalue weighted by Gasteiger charge is -2.17. The Morgan fingerprint density at radius 2 is 2.07 bits per heavy atom. The van der Waals surface area contributed by atoms with Crippen molar-refractivity contribution in [3.8, 4) is 0 Å². The van der Waals surface area contributed by atoms with E-state index < -0.39 is 11.8 Å². The summed E-state index contributed by atoms with van der Waals surface area (Å²) in [4.78, 5) is 29.0. The first-order valence-electron chi connectivity index (χ1n) is 9.02. The Hall–Kier alpha value is -2.57. The number of hydrogen-bond donors (Lipinski definition) is 0. The second-order valence-electron chi connectivity index (χ2n) is 7.54. The van der Waals surface area contributed by atoms with E-state index in [1.165, 1.54) is 16.1 Å². The fraction of sp³-hybridized carbons (Fsp3) is 0.450. The summed E-state index contributed by atoms with van der Waals surface area (Å²) in [5, 5.41) is 0.613. The van der Waals surface area contributed by atoms with Crippen LogP contribution in [0.15, 0.2) is 28.0 Å². The number of Topliss-reactive ketones (excluding diaryl/α,β-unsaturated/α-hetero) is 1. The Balaban J connectivity index is 1.77. The van der Waals surface area contributed by atoms with Crippen molar-refractivity contribution in [3.63, 3.8) is 0 Å². The molecule has 0 amide bonds. The summed E-state index contributed by atoms with van der Waals surface area (Å²) in [5.74, 6) is -3.45. The minimum absolute atomic E-state index is 0.0133. The van der Waals surface area contributed by atoms with Crippen LogP contribution < -0.4 is 16.5 Å².